The van der Waals surface area contributed by atoms with Crippen molar-refractivity contribution in [2.45, 2.75) is 51.6 Å². The van der Waals surface area contributed by atoms with Crippen LogP contribution in [0.5, 0.6) is 0 Å². The first kappa shape index (κ1) is 16.0. The Labute approximate surface area is 203 Å². The van der Waals surface area contributed by atoms with Crippen LogP contribution in [0, 0.1) is 10.1 Å². The van der Waals surface area contributed by atoms with Gasteiger partial charge in [0.2, 0.25) is 5.91 Å². The maximum atomic E-state index is 13.3. The molecular weight excluding hydrogens is 461 g/mol. The maximum Gasteiger partial charge on any atom is 0.416 e. The van der Waals surface area contributed by atoms with Crippen molar-refractivity contribution < 1.29 is 33.9 Å². The van der Waals surface area contributed by atoms with E-state index in [0.29, 0.717) is 6.42 Å². The van der Waals surface area contributed by atoms with Crippen LogP contribution in [0.4, 0.5) is 24.0 Å². The number of carbonyl (C=O) groups is 1. The van der Waals surface area contributed by atoms with Crippen LogP contribution in [0.3, 0.4) is 0 Å². The van der Waals surface area contributed by atoms with Crippen LogP contribution in [0.15, 0.2) is 16.9 Å². The molecule has 0 radical (unpaired) electrons. The van der Waals surface area contributed by atoms with Crippen LogP contribution in [-0.4, -0.2) is 46.7 Å². The van der Waals surface area contributed by atoms with Gasteiger partial charge in [-0.05, 0) is 12.5 Å². The summed E-state index contributed by atoms with van der Waals surface area (Å²) in [6.45, 7) is -12.5. The summed E-state index contributed by atoms with van der Waals surface area (Å²) < 4.78 is 107. The number of rotatable bonds is 8. The Morgan fingerprint density at radius 2 is 1.88 bits per heavy atom. The van der Waals surface area contributed by atoms with E-state index in [1.807, 2.05) is 6.92 Å². The zero-order valence-electron chi connectivity index (χ0n) is 25.4. The molecule has 0 atom stereocenters. The van der Waals surface area contributed by atoms with Gasteiger partial charge in [0.05, 0.1) is 26.8 Å². The lowest BCUT2D eigenvalue weighted by Gasteiger charge is -2.35. The molecule has 1 aromatic heterocycles. The van der Waals surface area contributed by atoms with Crippen LogP contribution in [0.25, 0.3) is 10.1 Å². The molecule has 1 amide bonds. The lowest BCUT2D eigenvalue weighted by molar-refractivity contribution is -0.383. The Kier molecular flexibility index (Phi) is 5.06. The number of non-ortho nitro benzene ring substituents is 1. The maximum absolute atomic E-state index is 13.3. The molecule has 1 saturated heterocycles. The van der Waals surface area contributed by atoms with Crippen molar-refractivity contribution in [1.29, 1.82) is 0 Å². The van der Waals surface area contributed by atoms with Crippen molar-refractivity contribution in [3.63, 3.8) is 0 Å². The highest BCUT2D eigenvalue weighted by atomic mass is 32.1. The van der Waals surface area contributed by atoms with E-state index in [0.717, 1.165) is 19.3 Å². The number of anilines is 1. The highest BCUT2D eigenvalue weighted by Gasteiger charge is 2.34. The molecule has 0 N–H and O–H groups in total. The van der Waals surface area contributed by atoms with Crippen molar-refractivity contribution in [2.75, 3.05) is 30.9 Å². The van der Waals surface area contributed by atoms with E-state index in [2.05, 4.69) is 4.98 Å². The molecule has 180 valence electrons. The largest absolute Gasteiger partial charge is 0.416 e. The van der Waals surface area contributed by atoms with E-state index >= 15 is 0 Å². The third kappa shape index (κ3) is 5.98. The SMILES string of the molecule is [2H]C1([2H])N(C(=O)CCCCCCC)C([2H])([2H])C([2H])([2H])N(c2nc(=O)c3cc(C(F)(F)F)cc([N+](=O)[O-])c3s2)C1([2H])[2H]. The van der Waals surface area contributed by atoms with Crippen molar-refractivity contribution in [3.8, 4) is 0 Å². The Bertz CT molecular complexity index is 1400. The first-order chi connectivity index (χ1) is 18.6. The standard InChI is InChI=1S/C21H25F3N4O4S/c1-2-3-4-5-6-7-17(29)26-8-10-27(11-9-26)20-25-19(30)15-12-14(21(22,23)24)13-16(28(31)32)18(15)33-20/h12-13H,2-11H2,1H3/i8D2,9D2,10D2,11D2. The number of nitro benzene ring substituents is 1. The molecule has 1 fully saturated rings. The van der Waals surface area contributed by atoms with Crippen LogP contribution in [-0.2, 0) is 11.0 Å². The minimum Gasteiger partial charge on any atom is -0.344 e. The highest BCUT2D eigenvalue weighted by molar-refractivity contribution is 7.22. The number of aromatic nitrogens is 1. The number of hydrogen-bond acceptors (Lipinski definition) is 7. The molecular formula is C21H25F3N4O4S. The summed E-state index contributed by atoms with van der Waals surface area (Å²) in [6, 6.07) is 0.415. The molecule has 0 saturated carbocycles. The number of unbranched alkanes of at least 4 members (excludes halogenated alkanes) is 4. The fourth-order valence-electron chi connectivity index (χ4n) is 3.00. The molecule has 0 bridgehead atoms. The second-order valence-electron chi connectivity index (χ2n) is 7.10. The van der Waals surface area contributed by atoms with E-state index in [4.69, 9.17) is 11.0 Å². The summed E-state index contributed by atoms with van der Waals surface area (Å²) in [5.41, 5.74) is -4.33. The highest BCUT2D eigenvalue weighted by Crippen LogP contribution is 2.38. The molecule has 2 heterocycles. The minimum atomic E-state index is -5.09. The van der Waals surface area contributed by atoms with Gasteiger partial charge in [-0.25, -0.2) is 0 Å². The van der Waals surface area contributed by atoms with E-state index in [-0.39, 0.29) is 39.7 Å². The van der Waals surface area contributed by atoms with Crippen molar-refractivity contribution in [1.82, 2.24) is 9.88 Å². The van der Waals surface area contributed by atoms with E-state index in [1.54, 1.807) is 0 Å². The first-order valence-corrected chi connectivity index (χ1v) is 10.8. The molecule has 33 heavy (non-hydrogen) atoms. The Morgan fingerprint density at radius 1 is 1.21 bits per heavy atom. The number of nitro groups is 1. The lowest BCUT2D eigenvalue weighted by atomic mass is 10.1. The topological polar surface area (TPSA) is 96.7 Å². The molecule has 0 unspecified atom stereocenters. The number of carbonyl (C=O) groups excluding carboxylic acids is 1. The summed E-state index contributed by atoms with van der Waals surface area (Å²) >= 11 is 0.00800. The predicted molar refractivity (Wildman–Crippen MR) is 120 cm³/mol. The van der Waals surface area contributed by atoms with Gasteiger partial charge in [-0.15, -0.1) is 0 Å². The Hall–Kier alpha value is -2.76. The molecule has 1 aromatic carbocycles. The third-order valence-electron chi connectivity index (χ3n) is 4.70. The third-order valence-corrected chi connectivity index (χ3v) is 5.79. The Balaban J connectivity index is 2.20. The van der Waals surface area contributed by atoms with Crippen molar-refractivity contribution in [3.05, 3.63) is 38.2 Å². The summed E-state index contributed by atoms with van der Waals surface area (Å²) in [5.74, 6) is -1.21. The molecule has 1 aliphatic rings. The number of fused-ring (bicyclic) bond motifs is 1. The van der Waals surface area contributed by atoms with Crippen molar-refractivity contribution in [2.24, 2.45) is 0 Å². The summed E-state index contributed by atoms with van der Waals surface area (Å²) in [4.78, 5) is 39.2. The number of benzene rings is 1. The second-order valence-corrected chi connectivity index (χ2v) is 8.08. The summed E-state index contributed by atoms with van der Waals surface area (Å²) in [7, 11) is 0. The van der Waals surface area contributed by atoms with Gasteiger partial charge in [-0.3, -0.25) is 19.7 Å². The average molecular weight is 495 g/mol. The molecule has 0 spiro atoms. The zero-order valence-corrected chi connectivity index (χ0v) is 18.2. The molecule has 3 rings (SSSR count). The number of hydrogen-bond donors (Lipinski definition) is 0. The number of nitrogens with zero attached hydrogens (tertiary/aromatic N) is 4. The van der Waals surface area contributed by atoms with Crippen LogP contribution >= 0.6 is 11.3 Å². The second kappa shape index (κ2) is 10.4. The van der Waals surface area contributed by atoms with Gasteiger partial charge in [0.15, 0.2) is 5.13 Å². The number of alkyl halides is 3. The monoisotopic (exact) mass is 494 g/mol. The minimum absolute atomic E-state index is 0.00800. The van der Waals surface area contributed by atoms with Gasteiger partial charge >= 0.3 is 6.18 Å². The fraction of sp³-hybridized carbons (Fsp3) is 0.571. The molecule has 0 aliphatic carbocycles. The van der Waals surface area contributed by atoms with Gasteiger partial charge in [0, 0.05) is 38.5 Å². The van der Waals surface area contributed by atoms with Gasteiger partial charge in [-0.1, -0.05) is 43.9 Å². The molecule has 8 nitrogen and oxygen atoms in total. The average Bonchev–Trinajstić information content (AvgIpc) is 2.81. The first-order valence-electron chi connectivity index (χ1n) is 14.0. The fourth-order valence-corrected chi connectivity index (χ4v) is 3.99. The lowest BCUT2D eigenvalue weighted by Crippen LogP contribution is -2.49. The normalized spacial score (nSPS) is 24.4. The number of halogens is 3. The van der Waals surface area contributed by atoms with Gasteiger partial charge < -0.3 is 9.80 Å². The predicted octanol–water partition coefficient (Wildman–Crippen LogP) is 4.59. The van der Waals surface area contributed by atoms with E-state index in [1.165, 1.54) is 0 Å². The molecule has 2 aromatic rings. The van der Waals surface area contributed by atoms with Crippen LogP contribution in [0.2, 0.25) is 0 Å². The van der Waals surface area contributed by atoms with E-state index in [9.17, 15) is 32.9 Å². The molecule has 1 aliphatic heterocycles. The van der Waals surface area contributed by atoms with Crippen LogP contribution < -0.4 is 10.5 Å². The number of piperazine rings is 1. The smallest absolute Gasteiger partial charge is 0.344 e. The van der Waals surface area contributed by atoms with E-state index < -0.39 is 81.4 Å². The van der Waals surface area contributed by atoms with Crippen LogP contribution in [0.1, 0.15) is 62.0 Å². The van der Waals surface area contributed by atoms with Gasteiger partial charge in [0.25, 0.3) is 11.2 Å². The quantitative estimate of drug-likeness (QED) is 0.302. The Morgan fingerprint density at radius 3 is 2.48 bits per heavy atom. The molecule has 12 heteroatoms. The van der Waals surface area contributed by atoms with Gasteiger partial charge in [0.1, 0.15) is 4.70 Å². The summed E-state index contributed by atoms with van der Waals surface area (Å²) in [5, 5.41) is 9.64. The zero-order chi connectivity index (χ0) is 31.3. The number of amides is 1. The van der Waals surface area contributed by atoms with Gasteiger partial charge in [-0.2, -0.15) is 18.2 Å². The summed E-state index contributed by atoms with van der Waals surface area (Å²) in [6.07, 6.45) is -2.27. The van der Waals surface area contributed by atoms with Crippen molar-refractivity contribution >= 4 is 38.1 Å².